The first-order valence-electron chi connectivity index (χ1n) is 12.2. The quantitative estimate of drug-likeness (QED) is 0.289. The predicted octanol–water partition coefficient (Wildman–Crippen LogP) is 8.20. The van der Waals surface area contributed by atoms with Crippen molar-refractivity contribution in [2.75, 3.05) is 14.1 Å². The van der Waals surface area contributed by atoms with E-state index in [2.05, 4.69) is 12.6 Å². The molecule has 0 aliphatic heterocycles. The van der Waals surface area contributed by atoms with Crippen LogP contribution in [0.15, 0.2) is 103 Å². The molecule has 0 aromatic heterocycles. The van der Waals surface area contributed by atoms with Crippen LogP contribution in [-0.4, -0.2) is 24.9 Å². The van der Waals surface area contributed by atoms with Crippen molar-refractivity contribution in [3.8, 4) is 17.6 Å². The second-order valence-corrected chi connectivity index (χ2v) is 9.05. The Labute approximate surface area is 224 Å². The van der Waals surface area contributed by atoms with E-state index in [0.717, 1.165) is 33.4 Å². The van der Waals surface area contributed by atoms with Crippen LogP contribution >= 0.6 is 0 Å². The molecule has 3 rings (SSSR count). The van der Waals surface area contributed by atoms with Crippen molar-refractivity contribution < 1.29 is 13.9 Å². The summed E-state index contributed by atoms with van der Waals surface area (Å²) < 4.78 is 19.3. The maximum Gasteiger partial charge on any atom is 0.253 e. The molecule has 0 bridgehead atoms. The number of allylic oxidation sites excluding steroid dienone is 7. The van der Waals surface area contributed by atoms with Gasteiger partial charge in [-0.1, -0.05) is 49.1 Å². The van der Waals surface area contributed by atoms with Crippen LogP contribution in [0.4, 0.5) is 4.39 Å². The van der Waals surface area contributed by atoms with Gasteiger partial charge in [-0.05, 0) is 90.6 Å². The molecular formula is C33H31FN2O2. The summed E-state index contributed by atoms with van der Waals surface area (Å²) in [5, 5.41) is 9.78. The van der Waals surface area contributed by atoms with Gasteiger partial charge in [0.15, 0.2) is 0 Å². The molecule has 0 atom stereocenters. The van der Waals surface area contributed by atoms with Gasteiger partial charge in [-0.2, -0.15) is 5.26 Å². The van der Waals surface area contributed by atoms with Crippen molar-refractivity contribution in [3.63, 3.8) is 0 Å². The zero-order valence-electron chi connectivity index (χ0n) is 22.4. The fourth-order valence-corrected chi connectivity index (χ4v) is 3.90. The molecule has 0 fully saturated rings. The monoisotopic (exact) mass is 506 g/mol. The molecule has 0 saturated carbocycles. The van der Waals surface area contributed by atoms with Crippen molar-refractivity contribution in [1.82, 2.24) is 4.90 Å². The Morgan fingerprint density at radius 1 is 1.00 bits per heavy atom. The molecule has 5 heteroatoms. The third kappa shape index (κ3) is 6.74. The molecule has 0 aliphatic rings. The van der Waals surface area contributed by atoms with E-state index in [4.69, 9.17) is 4.74 Å². The molecule has 38 heavy (non-hydrogen) atoms. The van der Waals surface area contributed by atoms with Gasteiger partial charge in [0.2, 0.25) is 0 Å². The fourth-order valence-electron chi connectivity index (χ4n) is 3.90. The molecule has 0 aliphatic carbocycles. The Balaban J connectivity index is 1.92. The number of benzene rings is 3. The van der Waals surface area contributed by atoms with Crippen LogP contribution in [0.5, 0.6) is 11.5 Å². The summed E-state index contributed by atoms with van der Waals surface area (Å²) in [4.78, 5) is 13.7. The summed E-state index contributed by atoms with van der Waals surface area (Å²) >= 11 is 0. The van der Waals surface area contributed by atoms with Crippen molar-refractivity contribution in [3.05, 3.63) is 131 Å². The number of hydrogen-bond acceptors (Lipinski definition) is 3. The highest BCUT2D eigenvalue weighted by Crippen LogP contribution is 2.32. The van der Waals surface area contributed by atoms with Gasteiger partial charge in [0.1, 0.15) is 23.4 Å². The third-order valence-electron chi connectivity index (χ3n) is 6.04. The first-order chi connectivity index (χ1) is 18.1. The highest BCUT2D eigenvalue weighted by atomic mass is 19.1. The molecule has 0 saturated heterocycles. The topological polar surface area (TPSA) is 53.3 Å². The number of halogens is 1. The molecule has 0 heterocycles. The number of carbonyl (C=O) groups excluding carboxylic acids is 1. The zero-order valence-corrected chi connectivity index (χ0v) is 22.4. The lowest BCUT2D eigenvalue weighted by Gasteiger charge is -2.14. The molecule has 0 unspecified atom stereocenters. The van der Waals surface area contributed by atoms with Crippen LogP contribution in [0.2, 0.25) is 0 Å². The molecule has 4 nitrogen and oxygen atoms in total. The number of ether oxygens (including phenoxy) is 1. The highest BCUT2D eigenvalue weighted by molar-refractivity contribution is 5.94. The van der Waals surface area contributed by atoms with Gasteiger partial charge >= 0.3 is 0 Å². The number of carbonyl (C=O) groups is 1. The van der Waals surface area contributed by atoms with Crippen LogP contribution in [0.1, 0.15) is 47.8 Å². The van der Waals surface area contributed by atoms with Gasteiger partial charge in [0.05, 0.1) is 5.56 Å². The van der Waals surface area contributed by atoms with Crippen LogP contribution < -0.4 is 4.74 Å². The van der Waals surface area contributed by atoms with E-state index in [0.29, 0.717) is 22.6 Å². The number of amides is 1. The van der Waals surface area contributed by atoms with Gasteiger partial charge in [-0.15, -0.1) is 0 Å². The average Bonchev–Trinajstić information content (AvgIpc) is 2.91. The summed E-state index contributed by atoms with van der Waals surface area (Å²) in [7, 11) is 3.46. The molecule has 1 amide bonds. The van der Waals surface area contributed by atoms with Gasteiger partial charge in [-0.3, -0.25) is 4.79 Å². The van der Waals surface area contributed by atoms with Crippen molar-refractivity contribution in [2.24, 2.45) is 0 Å². The first-order valence-corrected chi connectivity index (χ1v) is 12.2. The molecular weight excluding hydrogens is 475 g/mol. The Morgan fingerprint density at radius 2 is 1.66 bits per heavy atom. The highest BCUT2D eigenvalue weighted by Gasteiger charge is 2.12. The smallest absolute Gasteiger partial charge is 0.253 e. The van der Waals surface area contributed by atoms with Crippen LogP contribution in [0.3, 0.4) is 0 Å². The van der Waals surface area contributed by atoms with E-state index < -0.39 is 5.82 Å². The van der Waals surface area contributed by atoms with Gasteiger partial charge in [0, 0.05) is 25.7 Å². The summed E-state index contributed by atoms with van der Waals surface area (Å²) in [6, 6.07) is 20.8. The maximum atomic E-state index is 13.6. The van der Waals surface area contributed by atoms with Gasteiger partial charge in [0.25, 0.3) is 5.91 Å². The number of rotatable bonds is 8. The molecule has 0 spiro atoms. The minimum Gasteiger partial charge on any atom is -0.456 e. The Hall–Kier alpha value is -4.69. The number of hydrogen-bond donors (Lipinski definition) is 0. The predicted molar refractivity (Wildman–Crippen MR) is 152 cm³/mol. The van der Waals surface area contributed by atoms with E-state index in [1.54, 1.807) is 43.3 Å². The molecule has 0 radical (unpaired) electrons. The number of nitrogens with zero attached hydrogens (tertiary/aromatic N) is 2. The van der Waals surface area contributed by atoms with Crippen LogP contribution in [0.25, 0.3) is 11.1 Å². The summed E-state index contributed by atoms with van der Waals surface area (Å²) in [5.74, 6) is 0.223. The minimum absolute atomic E-state index is 0.0403. The first kappa shape index (κ1) is 27.9. The van der Waals surface area contributed by atoms with E-state index in [9.17, 15) is 14.4 Å². The SMILES string of the molecule is C=C(/C=C(\C)c1ccc(C(=O)N(C)C)cc1)/C(C)=C(\C=C/C)c1ccc(Oc2cccc(F)c2)c(C#N)c1. The summed E-state index contributed by atoms with van der Waals surface area (Å²) in [6.07, 6.45) is 5.93. The summed E-state index contributed by atoms with van der Waals surface area (Å²) in [5.41, 5.74) is 6.50. The standard InChI is InChI=1S/C33H31FN2O2/c1-7-9-31(27-16-17-32(28(19-27)21-35)38-30-11-8-10-29(34)20-30)24(4)22(2)18-23(3)25-12-14-26(15-13-25)33(37)36(5)6/h7-20H,2H2,1,3-6H3/b9-7-,23-18+,31-24+. The Bertz CT molecular complexity index is 1490. The minimum atomic E-state index is -0.411. The van der Waals surface area contributed by atoms with Crippen molar-refractivity contribution in [1.29, 1.82) is 5.26 Å². The number of nitriles is 1. The molecule has 3 aromatic rings. The van der Waals surface area contributed by atoms with Gasteiger partial charge < -0.3 is 9.64 Å². The van der Waals surface area contributed by atoms with Crippen molar-refractivity contribution in [2.45, 2.75) is 20.8 Å². The normalized spacial score (nSPS) is 12.1. The second-order valence-electron chi connectivity index (χ2n) is 9.05. The van der Waals surface area contributed by atoms with Crippen LogP contribution in [0, 0.1) is 17.1 Å². The van der Waals surface area contributed by atoms with Crippen LogP contribution in [-0.2, 0) is 0 Å². The largest absolute Gasteiger partial charge is 0.456 e. The second kappa shape index (κ2) is 12.5. The lowest BCUT2D eigenvalue weighted by Crippen LogP contribution is -2.21. The molecule has 3 aromatic carbocycles. The summed E-state index contributed by atoms with van der Waals surface area (Å²) in [6.45, 7) is 10.2. The average molecular weight is 507 g/mol. The molecule has 192 valence electrons. The maximum absolute atomic E-state index is 13.6. The Morgan fingerprint density at radius 3 is 2.26 bits per heavy atom. The van der Waals surface area contributed by atoms with E-state index in [-0.39, 0.29) is 5.91 Å². The molecule has 0 N–H and O–H groups in total. The lowest BCUT2D eigenvalue weighted by molar-refractivity contribution is 0.0827. The van der Waals surface area contributed by atoms with Gasteiger partial charge in [-0.25, -0.2) is 4.39 Å². The van der Waals surface area contributed by atoms with E-state index >= 15 is 0 Å². The van der Waals surface area contributed by atoms with E-state index in [1.165, 1.54) is 12.1 Å². The zero-order chi connectivity index (χ0) is 27.8. The lowest BCUT2D eigenvalue weighted by atomic mass is 9.93. The van der Waals surface area contributed by atoms with Crippen molar-refractivity contribution >= 4 is 17.1 Å². The fraction of sp³-hybridized carbons (Fsp3) is 0.152. The third-order valence-corrected chi connectivity index (χ3v) is 6.04. The van der Waals surface area contributed by atoms with E-state index in [1.807, 2.05) is 69.3 Å². The Kier molecular flexibility index (Phi) is 9.18.